The highest BCUT2D eigenvalue weighted by molar-refractivity contribution is 7.99. The third kappa shape index (κ3) is 3.27. The molecule has 0 aliphatic heterocycles. The summed E-state index contributed by atoms with van der Waals surface area (Å²) in [6.45, 7) is 0. The Kier molecular flexibility index (Phi) is 4.27. The van der Waals surface area contributed by atoms with E-state index >= 15 is 0 Å². The maximum absolute atomic E-state index is 10.4. The summed E-state index contributed by atoms with van der Waals surface area (Å²) in [5.74, 6) is -0.269. The van der Waals surface area contributed by atoms with Crippen LogP contribution in [0.1, 0.15) is 0 Å². The quantitative estimate of drug-likeness (QED) is 0.819. The monoisotopic (exact) mass is 281 g/mol. The van der Waals surface area contributed by atoms with Crippen molar-refractivity contribution in [2.75, 3.05) is 12.0 Å². The summed E-state index contributed by atoms with van der Waals surface area (Å²) < 4.78 is 0. The summed E-state index contributed by atoms with van der Waals surface area (Å²) in [5, 5.41) is 15.8. The van der Waals surface area contributed by atoms with Crippen molar-refractivity contribution in [2.45, 2.75) is 10.1 Å². The molecule has 0 fully saturated rings. The molecule has 2 aromatic rings. The van der Waals surface area contributed by atoms with E-state index in [4.69, 9.17) is 5.11 Å². The van der Waals surface area contributed by atoms with Crippen molar-refractivity contribution >= 4 is 29.5 Å². The average Bonchev–Trinajstić information content (AvgIpc) is 2.85. The highest BCUT2D eigenvalue weighted by Gasteiger charge is 2.07. The molecule has 1 aromatic carbocycles. The molecule has 0 amide bonds. The van der Waals surface area contributed by atoms with E-state index < -0.39 is 5.97 Å². The second kappa shape index (κ2) is 5.92. The average molecular weight is 281 g/mol. The Labute approximate surface area is 112 Å². The number of benzene rings is 1. The molecular formula is C11H11N3O2S2. The lowest BCUT2D eigenvalue weighted by molar-refractivity contribution is -0.133. The number of thioether (sulfide) groups is 2. The number of H-pyrrole nitrogens is 1. The molecule has 0 atom stereocenters. The van der Waals surface area contributed by atoms with E-state index in [0.29, 0.717) is 11.0 Å². The Morgan fingerprint density at radius 1 is 1.39 bits per heavy atom. The number of rotatable bonds is 5. The van der Waals surface area contributed by atoms with E-state index in [1.165, 1.54) is 4.90 Å². The predicted molar refractivity (Wildman–Crippen MR) is 72.0 cm³/mol. The van der Waals surface area contributed by atoms with Gasteiger partial charge in [-0.2, -0.15) is 0 Å². The Morgan fingerprint density at radius 3 is 2.72 bits per heavy atom. The largest absolute Gasteiger partial charge is 0.481 e. The zero-order chi connectivity index (χ0) is 13.0. The molecule has 0 aliphatic rings. The maximum Gasteiger partial charge on any atom is 0.313 e. The SMILES string of the molecule is CSc1ccc(-c2nc(SCC(=O)O)n[nH]2)cc1. The number of carboxylic acid groups (broad SMARTS) is 1. The van der Waals surface area contributed by atoms with Gasteiger partial charge in [-0.05, 0) is 18.4 Å². The zero-order valence-corrected chi connectivity index (χ0v) is 11.2. The number of hydrogen-bond donors (Lipinski definition) is 2. The van der Waals surface area contributed by atoms with Gasteiger partial charge >= 0.3 is 5.97 Å². The molecule has 0 saturated heterocycles. The number of aliphatic carboxylic acids is 1. The third-order valence-corrected chi connectivity index (χ3v) is 3.73. The van der Waals surface area contributed by atoms with Crippen LogP contribution < -0.4 is 0 Å². The van der Waals surface area contributed by atoms with Gasteiger partial charge in [0.1, 0.15) is 0 Å². The van der Waals surface area contributed by atoms with Crippen molar-refractivity contribution in [3.63, 3.8) is 0 Å². The molecule has 0 bridgehead atoms. The minimum absolute atomic E-state index is 0.0390. The molecule has 94 valence electrons. The van der Waals surface area contributed by atoms with Crippen LogP contribution in [0.25, 0.3) is 11.4 Å². The van der Waals surface area contributed by atoms with Gasteiger partial charge in [-0.3, -0.25) is 9.89 Å². The standard InChI is InChI=1S/C11H11N3O2S2/c1-17-8-4-2-7(3-5-8)10-12-11(14-13-10)18-6-9(15)16/h2-5H,6H2,1H3,(H,15,16)(H,12,13,14). The van der Waals surface area contributed by atoms with Crippen LogP contribution in [0.3, 0.4) is 0 Å². The second-order valence-electron chi connectivity index (χ2n) is 3.38. The van der Waals surface area contributed by atoms with Crippen molar-refractivity contribution < 1.29 is 9.90 Å². The van der Waals surface area contributed by atoms with Gasteiger partial charge in [-0.1, -0.05) is 23.9 Å². The fourth-order valence-corrected chi connectivity index (χ4v) is 2.24. The fourth-order valence-electron chi connectivity index (χ4n) is 1.32. The van der Waals surface area contributed by atoms with Gasteiger partial charge in [0.2, 0.25) is 5.16 Å². The van der Waals surface area contributed by atoms with Crippen LogP contribution in [-0.4, -0.2) is 38.3 Å². The summed E-state index contributed by atoms with van der Waals surface area (Å²) >= 11 is 2.77. The molecule has 5 nitrogen and oxygen atoms in total. The zero-order valence-electron chi connectivity index (χ0n) is 9.58. The van der Waals surface area contributed by atoms with Crippen molar-refractivity contribution in [2.24, 2.45) is 0 Å². The minimum atomic E-state index is -0.879. The van der Waals surface area contributed by atoms with E-state index in [1.807, 2.05) is 30.5 Å². The number of nitrogens with zero attached hydrogens (tertiary/aromatic N) is 2. The highest BCUT2D eigenvalue weighted by atomic mass is 32.2. The highest BCUT2D eigenvalue weighted by Crippen LogP contribution is 2.22. The van der Waals surface area contributed by atoms with E-state index in [9.17, 15) is 4.79 Å². The second-order valence-corrected chi connectivity index (χ2v) is 5.20. The van der Waals surface area contributed by atoms with Gasteiger partial charge in [0.25, 0.3) is 0 Å². The number of nitrogens with one attached hydrogen (secondary N) is 1. The van der Waals surface area contributed by atoms with Crippen LogP contribution in [0.15, 0.2) is 34.3 Å². The van der Waals surface area contributed by atoms with Crippen LogP contribution in [0, 0.1) is 0 Å². The Hall–Kier alpha value is -1.47. The minimum Gasteiger partial charge on any atom is -0.481 e. The third-order valence-electron chi connectivity index (χ3n) is 2.15. The summed E-state index contributed by atoms with van der Waals surface area (Å²) in [6, 6.07) is 7.93. The summed E-state index contributed by atoms with van der Waals surface area (Å²) in [6.07, 6.45) is 2.02. The molecule has 0 radical (unpaired) electrons. The maximum atomic E-state index is 10.4. The van der Waals surface area contributed by atoms with E-state index in [2.05, 4.69) is 15.2 Å². The fraction of sp³-hybridized carbons (Fsp3) is 0.182. The summed E-state index contributed by atoms with van der Waals surface area (Å²) in [7, 11) is 0. The van der Waals surface area contributed by atoms with Gasteiger partial charge in [0.15, 0.2) is 5.82 Å². The number of aromatic amines is 1. The molecule has 2 N–H and O–H groups in total. The number of carbonyl (C=O) groups is 1. The molecule has 0 unspecified atom stereocenters. The van der Waals surface area contributed by atoms with Crippen LogP contribution >= 0.6 is 23.5 Å². The van der Waals surface area contributed by atoms with Crippen LogP contribution in [0.2, 0.25) is 0 Å². The van der Waals surface area contributed by atoms with E-state index in [1.54, 1.807) is 11.8 Å². The predicted octanol–water partition coefficient (Wildman–Crippen LogP) is 2.37. The van der Waals surface area contributed by atoms with Crippen molar-refractivity contribution in [3.05, 3.63) is 24.3 Å². The number of aromatic nitrogens is 3. The van der Waals surface area contributed by atoms with Gasteiger partial charge in [-0.25, -0.2) is 4.98 Å². The molecule has 0 spiro atoms. The first kappa shape index (κ1) is 13.0. The van der Waals surface area contributed by atoms with Crippen LogP contribution in [-0.2, 0) is 4.79 Å². The molecule has 0 saturated carbocycles. The lowest BCUT2D eigenvalue weighted by atomic mass is 10.2. The van der Waals surface area contributed by atoms with Gasteiger partial charge in [-0.15, -0.1) is 16.9 Å². The van der Waals surface area contributed by atoms with Gasteiger partial charge in [0.05, 0.1) is 5.75 Å². The first-order valence-electron chi connectivity index (χ1n) is 5.10. The lowest BCUT2D eigenvalue weighted by Crippen LogP contribution is -1.97. The number of hydrogen-bond acceptors (Lipinski definition) is 5. The molecule has 18 heavy (non-hydrogen) atoms. The Balaban J connectivity index is 2.10. The van der Waals surface area contributed by atoms with Crippen molar-refractivity contribution in [1.82, 2.24) is 15.2 Å². The van der Waals surface area contributed by atoms with E-state index in [0.717, 1.165) is 17.3 Å². The van der Waals surface area contributed by atoms with Crippen molar-refractivity contribution in [1.29, 1.82) is 0 Å². The lowest BCUT2D eigenvalue weighted by Gasteiger charge is -1.97. The Bertz CT molecular complexity index is 539. The number of carboxylic acids is 1. The molecular weight excluding hydrogens is 270 g/mol. The van der Waals surface area contributed by atoms with Crippen LogP contribution in [0.4, 0.5) is 0 Å². The molecule has 2 rings (SSSR count). The Morgan fingerprint density at radius 2 is 2.11 bits per heavy atom. The summed E-state index contributed by atoms with van der Waals surface area (Å²) in [4.78, 5) is 15.8. The first-order valence-corrected chi connectivity index (χ1v) is 7.31. The smallest absolute Gasteiger partial charge is 0.313 e. The molecule has 1 aromatic heterocycles. The molecule has 1 heterocycles. The first-order chi connectivity index (χ1) is 8.69. The topological polar surface area (TPSA) is 78.9 Å². The molecule has 0 aliphatic carbocycles. The molecule has 7 heteroatoms. The van der Waals surface area contributed by atoms with Gasteiger partial charge in [0, 0.05) is 10.5 Å². The van der Waals surface area contributed by atoms with Crippen LogP contribution in [0.5, 0.6) is 0 Å². The van der Waals surface area contributed by atoms with E-state index in [-0.39, 0.29) is 5.75 Å². The summed E-state index contributed by atoms with van der Waals surface area (Å²) in [5.41, 5.74) is 0.933. The normalized spacial score (nSPS) is 10.5. The van der Waals surface area contributed by atoms with Gasteiger partial charge < -0.3 is 5.11 Å². The van der Waals surface area contributed by atoms with Crippen molar-refractivity contribution in [3.8, 4) is 11.4 Å².